The molecule has 0 aromatic heterocycles. The van der Waals surface area contributed by atoms with E-state index in [1.54, 1.807) is 18.2 Å². The summed E-state index contributed by atoms with van der Waals surface area (Å²) in [5.41, 5.74) is 0.688. The monoisotopic (exact) mass is 267 g/mol. The maximum Gasteiger partial charge on any atom is 0.389 e. The van der Waals surface area contributed by atoms with Gasteiger partial charge in [-0.1, -0.05) is 11.6 Å². The molecule has 96 valence electrons. The van der Waals surface area contributed by atoms with E-state index < -0.39 is 12.6 Å². The van der Waals surface area contributed by atoms with Crippen molar-refractivity contribution >= 4 is 17.3 Å². The normalized spacial score (nSPS) is 11.4. The second-order valence-electron chi connectivity index (χ2n) is 3.49. The lowest BCUT2D eigenvalue weighted by Crippen LogP contribution is -2.10. The highest BCUT2D eigenvalue weighted by Gasteiger charge is 2.25. The molecule has 0 radical (unpaired) electrons. The first kappa shape index (κ1) is 14.0. The highest BCUT2D eigenvalue weighted by Crippen LogP contribution is 2.27. The molecular weight excluding hydrogens is 255 g/mol. The number of anilines is 1. The molecule has 0 atom stereocenters. The molecule has 0 fully saturated rings. The number of nitrogens with one attached hydrogen (secondary N) is 1. The fourth-order valence-corrected chi connectivity index (χ4v) is 1.49. The third-order valence-electron chi connectivity index (χ3n) is 2.12. The number of hydrogen-bond acceptors (Lipinski definition) is 2. The number of halogens is 4. The van der Waals surface area contributed by atoms with Crippen LogP contribution >= 0.6 is 11.6 Å². The summed E-state index contributed by atoms with van der Waals surface area (Å²) in [7, 11) is 1.48. The van der Waals surface area contributed by atoms with Crippen LogP contribution in [0.2, 0.25) is 5.02 Å². The molecule has 0 unspecified atom stereocenters. The summed E-state index contributed by atoms with van der Waals surface area (Å²) < 4.78 is 40.7. The second-order valence-corrected chi connectivity index (χ2v) is 3.90. The van der Waals surface area contributed by atoms with Gasteiger partial charge in [0.25, 0.3) is 0 Å². The lowest BCUT2D eigenvalue weighted by molar-refractivity contribution is -0.134. The lowest BCUT2D eigenvalue weighted by Gasteiger charge is -2.10. The summed E-state index contributed by atoms with van der Waals surface area (Å²) in [5.74, 6) is 0.493. The zero-order valence-corrected chi connectivity index (χ0v) is 10.0. The molecule has 0 aliphatic heterocycles. The Hall–Kier alpha value is -1.10. The molecule has 1 N–H and O–H groups in total. The number of methoxy groups -OCH3 is 1. The highest BCUT2D eigenvalue weighted by molar-refractivity contribution is 6.32. The van der Waals surface area contributed by atoms with Crippen molar-refractivity contribution < 1.29 is 17.9 Å². The fraction of sp³-hybridized carbons (Fsp3) is 0.455. The molecule has 0 saturated carbocycles. The van der Waals surface area contributed by atoms with Crippen LogP contribution in [0, 0.1) is 0 Å². The van der Waals surface area contributed by atoms with E-state index in [0.717, 1.165) is 0 Å². The van der Waals surface area contributed by atoms with Crippen LogP contribution in [-0.4, -0.2) is 19.8 Å². The van der Waals surface area contributed by atoms with E-state index in [2.05, 4.69) is 5.32 Å². The minimum absolute atomic E-state index is 0.0362. The minimum Gasteiger partial charge on any atom is -0.495 e. The Morgan fingerprint density at radius 2 is 2.06 bits per heavy atom. The molecule has 0 amide bonds. The number of alkyl halides is 3. The van der Waals surface area contributed by atoms with Crippen molar-refractivity contribution in [1.29, 1.82) is 0 Å². The highest BCUT2D eigenvalue weighted by atomic mass is 35.5. The van der Waals surface area contributed by atoms with Crippen LogP contribution in [0.1, 0.15) is 12.8 Å². The quantitative estimate of drug-likeness (QED) is 0.811. The molecular formula is C11H13ClF3NO. The molecule has 0 heterocycles. The first-order valence-electron chi connectivity index (χ1n) is 5.06. The Morgan fingerprint density at radius 3 is 2.65 bits per heavy atom. The fourth-order valence-electron chi connectivity index (χ4n) is 1.29. The number of benzene rings is 1. The summed E-state index contributed by atoms with van der Waals surface area (Å²) in [6, 6.07) is 4.97. The standard InChI is InChI=1S/C11H13ClF3NO/c1-17-10-7-8(3-4-9(10)12)16-6-2-5-11(13,14)15/h3-4,7,16H,2,5-6H2,1H3. The molecule has 0 saturated heterocycles. The van der Waals surface area contributed by atoms with Crippen molar-refractivity contribution in [2.24, 2.45) is 0 Å². The van der Waals surface area contributed by atoms with E-state index in [4.69, 9.17) is 16.3 Å². The molecule has 0 bridgehead atoms. The smallest absolute Gasteiger partial charge is 0.389 e. The number of ether oxygens (including phenoxy) is 1. The van der Waals surface area contributed by atoms with Crippen molar-refractivity contribution in [3.8, 4) is 5.75 Å². The van der Waals surface area contributed by atoms with Gasteiger partial charge in [0.05, 0.1) is 12.1 Å². The van der Waals surface area contributed by atoms with Gasteiger partial charge < -0.3 is 10.1 Å². The number of hydrogen-bond donors (Lipinski definition) is 1. The van der Waals surface area contributed by atoms with Crippen molar-refractivity contribution in [3.63, 3.8) is 0 Å². The van der Waals surface area contributed by atoms with E-state index in [0.29, 0.717) is 16.5 Å². The van der Waals surface area contributed by atoms with Gasteiger partial charge >= 0.3 is 6.18 Å². The van der Waals surface area contributed by atoms with Crippen LogP contribution in [0.15, 0.2) is 18.2 Å². The summed E-state index contributed by atoms with van der Waals surface area (Å²) >= 11 is 5.82. The molecule has 1 aromatic carbocycles. The van der Waals surface area contributed by atoms with Gasteiger partial charge in [-0.2, -0.15) is 13.2 Å². The van der Waals surface area contributed by atoms with Crippen molar-refractivity contribution in [1.82, 2.24) is 0 Å². The van der Waals surface area contributed by atoms with Gasteiger partial charge in [0.1, 0.15) is 5.75 Å². The summed E-state index contributed by atoms with van der Waals surface area (Å²) in [4.78, 5) is 0. The van der Waals surface area contributed by atoms with E-state index in [1.165, 1.54) is 7.11 Å². The van der Waals surface area contributed by atoms with Crippen LogP contribution in [0.25, 0.3) is 0 Å². The Balaban J connectivity index is 2.42. The summed E-state index contributed by atoms with van der Waals surface area (Å²) in [6.07, 6.45) is -4.85. The molecule has 0 aliphatic rings. The topological polar surface area (TPSA) is 21.3 Å². The first-order chi connectivity index (χ1) is 7.92. The zero-order valence-electron chi connectivity index (χ0n) is 9.27. The first-order valence-corrected chi connectivity index (χ1v) is 5.44. The Bertz CT molecular complexity index is 368. The maximum absolute atomic E-state index is 11.9. The van der Waals surface area contributed by atoms with Crippen molar-refractivity contribution in [2.45, 2.75) is 19.0 Å². The van der Waals surface area contributed by atoms with Crippen molar-refractivity contribution in [2.75, 3.05) is 19.0 Å². The zero-order chi connectivity index (χ0) is 12.9. The van der Waals surface area contributed by atoms with Crippen LogP contribution < -0.4 is 10.1 Å². The lowest BCUT2D eigenvalue weighted by atomic mass is 10.2. The summed E-state index contributed by atoms with van der Waals surface area (Å²) in [6.45, 7) is 0.254. The Kier molecular flexibility index (Phi) is 4.93. The van der Waals surface area contributed by atoms with Crippen molar-refractivity contribution in [3.05, 3.63) is 23.2 Å². The van der Waals surface area contributed by atoms with E-state index in [-0.39, 0.29) is 13.0 Å². The average molecular weight is 268 g/mol. The molecule has 0 spiro atoms. The molecule has 6 heteroatoms. The third-order valence-corrected chi connectivity index (χ3v) is 2.43. The molecule has 0 aliphatic carbocycles. The third kappa shape index (κ3) is 5.17. The van der Waals surface area contributed by atoms with Gasteiger partial charge in [-0.25, -0.2) is 0 Å². The maximum atomic E-state index is 11.9. The number of rotatable bonds is 5. The molecule has 2 nitrogen and oxygen atoms in total. The average Bonchev–Trinajstić information content (AvgIpc) is 2.25. The second kappa shape index (κ2) is 6.00. The van der Waals surface area contributed by atoms with E-state index in [9.17, 15) is 13.2 Å². The predicted octanol–water partition coefficient (Wildman–Crippen LogP) is 4.10. The van der Waals surface area contributed by atoms with E-state index >= 15 is 0 Å². The molecule has 17 heavy (non-hydrogen) atoms. The van der Waals surface area contributed by atoms with Crippen LogP contribution in [0.3, 0.4) is 0 Å². The van der Waals surface area contributed by atoms with Crippen LogP contribution in [-0.2, 0) is 0 Å². The minimum atomic E-state index is -4.10. The predicted molar refractivity (Wildman–Crippen MR) is 61.8 cm³/mol. The van der Waals surface area contributed by atoms with Gasteiger partial charge in [0.15, 0.2) is 0 Å². The van der Waals surface area contributed by atoms with Gasteiger partial charge in [-0.05, 0) is 18.6 Å². The van der Waals surface area contributed by atoms with E-state index in [1.807, 2.05) is 0 Å². The van der Waals surface area contributed by atoms with Gasteiger partial charge in [0.2, 0.25) is 0 Å². The summed E-state index contributed by atoms with van der Waals surface area (Å²) in [5, 5.41) is 3.35. The molecule has 1 aromatic rings. The van der Waals surface area contributed by atoms with Gasteiger partial charge in [0, 0.05) is 24.7 Å². The Labute approximate surface area is 103 Å². The van der Waals surface area contributed by atoms with Crippen LogP contribution in [0.4, 0.5) is 18.9 Å². The molecule has 1 rings (SSSR count). The largest absolute Gasteiger partial charge is 0.495 e. The van der Waals surface area contributed by atoms with Crippen LogP contribution in [0.5, 0.6) is 5.75 Å². The SMILES string of the molecule is COc1cc(NCCCC(F)(F)F)ccc1Cl. The van der Waals surface area contributed by atoms with Gasteiger partial charge in [-0.15, -0.1) is 0 Å². The Morgan fingerprint density at radius 1 is 1.35 bits per heavy atom. The van der Waals surface area contributed by atoms with Gasteiger partial charge in [-0.3, -0.25) is 0 Å².